The van der Waals surface area contributed by atoms with Crippen LogP contribution in [0.5, 0.6) is 0 Å². The molecule has 1 aliphatic carbocycles. The molecule has 0 aromatic carbocycles. The highest BCUT2D eigenvalue weighted by Crippen LogP contribution is 2.28. The molecular weight excluding hydrogens is 212 g/mol. The molecule has 15 heavy (non-hydrogen) atoms. The second-order valence-electron chi connectivity index (χ2n) is 4.81. The fourth-order valence-electron chi connectivity index (χ4n) is 2.20. The first-order valence-electron chi connectivity index (χ1n) is 5.59. The first-order chi connectivity index (χ1) is 6.88. The molecule has 0 aliphatic heterocycles. The molecule has 0 bridgehead atoms. The minimum atomic E-state index is -2.87. The van der Waals surface area contributed by atoms with Crippen molar-refractivity contribution in [2.24, 2.45) is 11.8 Å². The fourth-order valence-corrected chi connectivity index (χ4v) is 2.89. The van der Waals surface area contributed by atoms with Gasteiger partial charge in [0.05, 0.1) is 0 Å². The number of carbonyl (C=O) groups is 1. The second-order valence-corrected chi connectivity index (χ2v) is 7.07. The first kappa shape index (κ1) is 12.7. The lowest BCUT2D eigenvalue weighted by Gasteiger charge is -2.25. The number of rotatable bonds is 4. The number of ketones is 1. The van der Waals surface area contributed by atoms with Crippen molar-refractivity contribution >= 4 is 15.6 Å². The van der Waals surface area contributed by atoms with E-state index in [9.17, 15) is 13.2 Å². The summed E-state index contributed by atoms with van der Waals surface area (Å²) in [4.78, 5) is 11.5. The third kappa shape index (κ3) is 4.78. The summed E-state index contributed by atoms with van der Waals surface area (Å²) in [6.07, 6.45) is 5.26. The molecule has 0 saturated heterocycles. The third-order valence-corrected chi connectivity index (χ3v) is 4.12. The van der Waals surface area contributed by atoms with Crippen molar-refractivity contribution in [2.45, 2.75) is 39.0 Å². The normalized spacial score (nSPS) is 28.0. The molecule has 4 heteroatoms. The molecular formula is C11H20O3S. The molecule has 0 N–H and O–H groups in total. The van der Waals surface area contributed by atoms with Gasteiger partial charge in [0.1, 0.15) is 15.6 Å². The molecule has 1 saturated carbocycles. The van der Waals surface area contributed by atoms with E-state index in [2.05, 4.69) is 6.92 Å². The van der Waals surface area contributed by atoms with Gasteiger partial charge in [-0.3, -0.25) is 4.79 Å². The van der Waals surface area contributed by atoms with Gasteiger partial charge in [0.25, 0.3) is 0 Å². The Labute approximate surface area is 92.2 Å². The molecule has 3 nitrogen and oxygen atoms in total. The number of hydrogen-bond acceptors (Lipinski definition) is 3. The van der Waals surface area contributed by atoms with Crippen molar-refractivity contribution in [3.63, 3.8) is 0 Å². The van der Waals surface area contributed by atoms with Crippen LogP contribution in [-0.4, -0.2) is 26.2 Å². The Kier molecular flexibility index (Phi) is 4.32. The molecule has 2 unspecified atom stereocenters. The van der Waals surface area contributed by atoms with E-state index in [0.717, 1.165) is 19.3 Å². The van der Waals surface area contributed by atoms with Gasteiger partial charge in [-0.2, -0.15) is 0 Å². The lowest BCUT2D eigenvalue weighted by Crippen LogP contribution is -2.24. The average molecular weight is 232 g/mol. The summed E-state index contributed by atoms with van der Waals surface area (Å²) < 4.78 is 21.9. The van der Waals surface area contributed by atoms with Crippen LogP contribution in [0.1, 0.15) is 39.0 Å². The van der Waals surface area contributed by atoms with Crippen LogP contribution in [0.15, 0.2) is 0 Å². The molecule has 0 radical (unpaired) electrons. The highest BCUT2D eigenvalue weighted by Gasteiger charge is 2.25. The maximum absolute atomic E-state index is 11.5. The van der Waals surface area contributed by atoms with Gasteiger partial charge in [0.15, 0.2) is 0 Å². The average Bonchev–Trinajstić information content (AvgIpc) is 2.09. The van der Waals surface area contributed by atoms with Crippen molar-refractivity contribution in [3.8, 4) is 0 Å². The van der Waals surface area contributed by atoms with Crippen LogP contribution in [0.3, 0.4) is 0 Å². The number of sulfone groups is 1. The van der Waals surface area contributed by atoms with E-state index < -0.39 is 9.84 Å². The molecule has 1 rings (SSSR count). The Morgan fingerprint density at radius 2 is 2.07 bits per heavy atom. The highest BCUT2D eigenvalue weighted by molar-refractivity contribution is 7.90. The Balaban J connectivity index is 2.34. The van der Waals surface area contributed by atoms with Gasteiger partial charge in [-0.25, -0.2) is 8.42 Å². The zero-order chi connectivity index (χ0) is 11.5. The molecule has 0 heterocycles. The Bertz CT molecular complexity index is 319. The Hall–Kier alpha value is -0.380. The summed E-state index contributed by atoms with van der Waals surface area (Å²) in [5.74, 6) is 1.29. The quantitative estimate of drug-likeness (QED) is 0.743. The molecule has 2 atom stereocenters. The molecule has 88 valence electrons. The van der Waals surface area contributed by atoms with Crippen LogP contribution in [0.4, 0.5) is 0 Å². The van der Waals surface area contributed by atoms with Crippen molar-refractivity contribution in [1.29, 1.82) is 0 Å². The maximum atomic E-state index is 11.5. The second kappa shape index (κ2) is 5.10. The van der Waals surface area contributed by atoms with Crippen molar-refractivity contribution < 1.29 is 13.2 Å². The summed E-state index contributed by atoms with van der Waals surface area (Å²) >= 11 is 0. The summed E-state index contributed by atoms with van der Waals surface area (Å²) in [6, 6.07) is 0. The third-order valence-electron chi connectivity index (χ3n) is 3.09. The van der Waals surface area contributed by atoms with Crippen LogP contribution in [0, 0.1) is 11.8 Å². The van der Waals surface area contributed by atoms with Crippen molar-refractivity contribution in [1.82, 2.24) is 0 Å². The fraction of sp³-hybridized carbons (Fsp3) is 0.909. The zero-order valence-electron chi connectivity index (χ0n) is 9.53. The monoisotopic (exact) mass is 232 g/mol. The topological polar surface area (TPSA) is 51.2 Å². The standard InChI is InChI=1S/C11H20O3S/c1-9-5-6-11(12)10(8-9)4-3-7-15(2,13)14/h9-10H,3-8H2,1-2H3. The largest absolute Gasteiger partial charge is 0.299 e. The van der Waals surface area contributed by atoms with E-state index in [1.54, 1.807) is 0 Å². The number of carbonyl (C=O) groups excluding carboxylic acids is 1. The first-order valence-corrected chi connectivity index (χ1v) is 7.65. The predicted octanol–water partition coefficient (Wildman–Crippen LogP) is 1.82. The van der Waals surface area contributed by atoms with E-state index in [0.29, 0.717) is 24.5 Å². The lowest BCUT2D eigenvalue weighted by atomic mass is 9.79. The lowest BCUT2D eigenvalue weighted by molar-refractivity contribution is -0.125. The molecule has 0 aromatic heterocycles. The Morgan fingerprint density at radius 3 is 2.67 bits per heavy atom. The van der Waals surface area contributed by atoms with Crippen LogP contribution < -0.4 is 0 Å². The van der Waals surface area contributed by atoms with Gasteiger partial charge in [0.2, 0.25) is 0 Å². The van der Waals surface area contributed by atoms with Gasteiger partial charge >= 0.3 is 0 Å². The summed E-state index contributed by atoms with van der Waals surface area (Å²) in [6.45, 7) is 2.16. The van der Waals surface area contributed by atoms with Gasteiger partial charge < -0.3 is 0 Å². The van der Waals surface area contributed by atoms with Crippen LogP contribution in [0.2, 0.25) is 0 Å². The van der Waals surface area contributed by atoms with E-state index in [4.69, 9.17) is 0 Å². The summed E-state index contributed by atoms with van der Waals surface area (Å²) in [5.41, 5.74) is 0. The van der Waals surface area contributed by atoms with Gasteiger partial charge in [0, 0.05) is 24.3 Å². The molecule has 0 amide bonds. The maximum Gasteiger partial charge on any atom is 0.147 e. The highest BCUT2D eigenvalue weighted by atomic mass is 32.2. The van der Waals surface area contributed by atoms with E-state index in [-0.39, 0.29) is 11.7 Å². The van der Waals surface area contributed by atoms with E-state index in [1.807, 2.05) is 0 Å². The van der Waals surface area contributed by atoms with Crippen LogP contribution in [-0.2, 0) is 14.6 Å². The van der Waals surface area contributed by atoms with Gasteiger partial charge in [-0.05, 0) is 31.6 Å². The Morgan fingerprint density at radius 1 is 1.40 bits per heavy atom. The summed E-state index contributed by atoms with van der Waals surface area (Å²) in [5, 5.41) is 0. The SMILES string of the molecule is CC1CCC(=O)C(CCCS(C)(=O)=O)C1. The molecule has 1 aliphatic rings. The zero-order valence-corrected chi connectivity index (χ0v) is 10.3. The number of Topliss-reactive ketones (excluding diaryl/α,β-unsaturated/α-hetero) is 1. The van der Waals surface area contributed by atoms with Crippen molar-refractivity contribution in [2.75, 3.05) is 12.0 Å². The predicted molar refractivity (Wildman–Crippen MR) is 60.5 cm³/mol. The molecule has 0 spiro atoms. The smallest absolute Gasteiger partial charge is 0.147 e. The van der Waals surface area contributed by atoms with E-state index in [1.165, 1.54) is 6.26 Å². The number of hydrogen-bond donors (Lipinski definition) is 0. The van der Waals surface area contributed by atoms with Crippen molar-refractivity contribution in [3.05, 3.63) is 0 Å². The van der Waals surface area contributed by atoms with Crippen LogP contribution in [0.25, 0.3) is 0 Å². The molecule has 0 aromatic rings. The minimum Gasteiger partial charge on any atom is -0.299 e. The minimum absolute atomic E-state index is 0.121. The van der Waals surface area contributed by atoms with Gasteiger partial charge in [-0.15, -0.1) is 0 Å². The molecule has 1 fully saturated rings. The van der Waals surface area contributed by atoms with Gasteiger partial charge in [-0.1, -0.05) is 6.92 Å². The van der Waals surface area contributed by atoms with Crippen LogP contribution >= 0.6 is 0 Å². The summed E-state index contributed by atoms with van der Waals surface area (Å²) in [7, 11) is -2.87. The van der Waals surface area contributed by atoms with E-state index >= 15 is 0 Å².